The van der Waals surface area contributed by atoms with Gasteiger partial charge in [0.1, 0.15) is 4.88 Å². The second-order valence-corrected chi connectivity index (χ2v) is 7.21. The topological polar surface area (TPSA) is 36.4 Å². The predicted molar refractivity (Wildman–Crippen MR) is 88.1 cm³/mol. The van der Waals surface area contributed by atoms with Gasteiger partial charge in [-0.2, -0.15) is 0 Å². The van der Waals surface area contributed by atoms with Crippen LogP contribution in [-0.4, -0.2) is 52.4 Å². The maximum Gasteiger partial charge on any atom is 0.265 e. The van der Waals surface area contributed by atoms with Gasteiger partial charge in [0.2, 0.25) is 0 Å². The van der Waals surface area contributed by atoms with Gasteiger partial charge in [-0.15, -0.1) is 11.3 Å². The molecule has 0 saturated carbocycles. The molecule has 1 amide bonds. The van der Waals surface area contributed by atoms with Crippen molar-refractivity contribution in [2.75, 3.05) is 19.6 Å². The molecule has 0 N–H and O–H groups in total. The Morgan fingerprint density at radius 1 is 1.38 bits per heavy atom. The number of nitrogens with zero attached hydrogens (tertiary/aromatic N) is 3. The van der Waals surface area contributed by atoms with E-state index in [1.165, 1.54) is 0 Å². The van der Waals surface area contributed by atoms with Gasteiger partial charge in [-0.1, -0.05) is 13.8 Å². The molecule has 1 fully saturated rings. The Morgan fingerprint density at radius 2 is 2.10 bits per heavy atom. The summed E-state index contributed by atoms with van der Waals surface area (Å²) >= 11 is 1.54. The fourth-order valence-electron chi connectivity index (χ4n) is 3.12. The van der Waals surface area contributed by atoms with E-state index in [4.69, 9.17) is 0 Å². The van der Waals surface area contributed by atoms with Crippen LogP contribution in [0.25, 0.3) is 0 Å². The van der Waals surface area contributed by atoms with Crippen LogP contribution in [0, 0.1) is 6.92 Å². The van der Waals surface area contributed by atoms with Gasteiger partial charge in [0.25, 0.3) is 5.91 Å². The van der Waals surface area contributed by atoms with Gasteiger partial charge in [-0.3, -0.25) is 9.69 Å². The van der Waals surface area contributed by atoms with Gasteiger partial charge < -0.3 is 4.90 Å². The molecule has 4 nitrogen and oxygen atoms in total. The third kappa shape index (κ3) is 3.46. The molecule has 0 unspecified atom stereocenters. The van der Waals surface area contributed by atoms with E-state index in [1.807, 2.05) is 11.8 Å². The quantitative estimate of drug-likeness (QED) is 0.858. The van der Waals surface area contributed by atoms with E-state index in [-0.39, 0.29) is 5.91 Å². The van der Waals surface area contributed by atoms with Crippen molar-refractivity contribution in [2.45, 2.75) is 59.5 Å². The lowest BCUT2D eigenvalue weighted by Crippen LogP contribution is -2.56. The minimum absolute atomic E-state index is 0.180. The summed E-state index contributed by atoms with van der Waals surface area (Å²) < 4.78 is 0. The van der Waals surface area contributed by atoms with Crippen molar-refractivity contribution < 1.29 is 4.79 Å². The molecule has 21 heavy (non-hydrogen) atoms. The van der Waals surface area contributed by atoms with Gasteiger partial charge in [0.15, 0.2) is 0 Å². The molecule has 0 spiro atoms. The molecule has 1 saturated heterocycles. The predicted octanol–water partition coefficient (Wildman–Crippen LogP) is 2.96. The summed E-state index contributed by atoms with van der Waals surface area (Å²) in [6.07, 6.45) is 1.92. The highest BCUT2D eigenvalue weighted by atomic mass is 32.1. The van der Waals surface area contributed by atoms with Crippen LogP contribution in [0.1, 0.15) is 54.5 Å². The third-order valence-corrected chi connectivity index (χ3v) is 5.28. The lowest BCUT2D eigenvalue weighted by atomic mass is 10.1. The fraction of sp³-hybridized carbons (Fsp3) is 0.750. The van der Waals surface area contributed by atoms with E-state index in [0.29, 0.717) is 12.1 Å². The molecule has 0 aromatic carbocycles. The Morgan fingerprint density at radius 3 is 2.67 bits per heavy atom. The summed E-state index contributed by atoms with van der Waals surface area (Å²) in [5.74, 6) is 0.180. The second-order valence-electron chi connectivity index (χ2n) is 6.01. The fourth-order valence-corrected chi connectivity index (χ4v) is 4.09. The molecule has 5 heteroatoms. The monoisotopic (exact) mass is 309 g/mol. The summed E-state index contributed by atoms with van der Waals surface area (Å²) in [6, 6.07) is 1.02. The number of carbonyl (C=O) groups is 1. The van der Waals surface area contributed by atoms with E-state index < -0.39 is 0 Å². The minimum Gasteiger partial charge on any atom is -0.335 e. The second kappa shape index (κ2) is 6.88. The number of aromatic nitrogens is 1. The Balaban J connectivity index is 2.14. The number of piperazine rings is 1. The van der Waals surface area contributed by atoms with Crippen molar-refractivity contribution in [2.24, 2.45) is 0 Å². The number of hydrogen-bond acceptors (Lipinski definition) is 4. The standard InChI is InChI=1S/C16H27N3OS/c1-6-13-10-18(8-9-19(13)11(3)4)16(20)15-14(7-2)17-12(5)21-15/h11,13H,6-10H2,1-5H3/t13-/m0/s1. The van der Waals surface area contributed by atoms with Crippen LogP contribution in [0.15, 0.2) is 0 Å². The molecule has 1 aromatic heterocycles. The summed E-state index contributed by atoms with van der Waals surface area (Å²) in [4.78, 5) is 22.7. The number of hydrogen-bond donors (Lipinski definition) is 0. The third-order valence-electron chi connectivity index (χ3n) is 4.28. The minimum atomic E-state index is 0.180. The van der Waals surface area contributed by atoms with Crippen LogP contribution in [-0.2, 0) is 6.42 Å². The molecule has 2 heterocycles. The lowest BCUT2D eigenvalue weighted by molar-refractivity contribution is 0.0374. The van der Waals surface area contributed by atoms with Gasteiger partial charge in [-0.05, 0) is 33.6 Å². The van der Waals surface area contributed by atoms with Gasteiger partial charge >= 0.3 is 0 Å². The van der Waals surface area contributed by atoms with Crippen molar-refractivity contribution in [3.63, 3.8) is 0 Å². The zero-order chi connectivity index (χ0) is 15.6. The van der Waals surface area contributed by atoms with Crippen molar-refractivity contribution in [3.05, 3.63) is 15.6 Å². The lowest BCUT2D eigenvalue weighted by Gasteiger charge is -2.43. The first-order chi connectivity index (χ1) is 9.97. The van der Waals surface area contributed by atoms with E-state index in [0.717, 1.165) is 48.1 Å². The van der Waals surface area contributed by atoms with Gasteiger partial charge in [0.05, 0.1) is 10.7 Å². The largest absolute Gasteiger partial charge is 0.335 e. The SMILES string of the molecule is CCc1nc(C)sc1C(=O)N1CCN(C(C)C)[C@@H](CC)C1. The maximum absolute atomic E-state index is 12.8. The molecular weight excluding hydrogens is 282 g/mol. The summed E-state index contributed by atoms with van der Waals surface area (Å²) in [7, 11) is 0. The van der Waals surface area contributed by atoms with E-state index in [2.05, 4.69) is 37.6 Å². The van der Waals surface area contributed by atoms with Crippen molar-refractivity contribution >= 4 is 17.2 Å². The summed E-state index contributed by atoms with van der Waals surface area (Å²) in [6.45, 7) is 13.4. The molecule has 0 bridgehead atoms. The van der Waals surface area contributed by atoms with E-state index >= 15 is 0 Å². The molecule has 0 radical (unpaired) electrons. The highest BCUT2D eigenvalue weighted by molar-refractivity contribution is 7.13. The van der Waals surface area contributed by atoms with Crippen LogP contribution in [0.3, 0.4) is 0 Å². The summed E-state index contributed by atoms with van der Waals surface area (Å²) in [5, 5.41) is 0.989. The Bertz CT molecular complexity index is 498. The van der Waals surface area contributed by atoms with Crippen LogP contribution in [0.5, 0.6) is 0 Å². The Kier molecular flexibility index (Phi) is 5.38. The molecule has 118 valence electrons. The van der Waals surface area contributed by atoms with Crippen molar-refractivity contribution in [3.8, 4) is 0 Å². The van der Waals surface area contributed by atoms with Crippen LogP contribution < -0.4 is 0 Å². The molecule has 1 aromatic rings. The average Bonchev–Trinajstić information content (AvgIpc) is 2.86. The average molecular weight is 309 g/mol. The van der Waals surface area contributed by atoms with Gasteiger partial charge in [-0.25, -0.2) is 4.98 Å². The zero-order valence-electron chi connectivity index (χ0n) is 13.8. The highest BCUT2D eigenvalue weighted by Gasteiger charge is 2.31. The number of aryl methyl sites for hydroxylation is 2. The van der Waals surface area contributed by atoms with Crippen molar-refractivity contribution in [1.29, 1.82) is 0 Å². The first kappa shape index (κ1) is 16.4. The summed E-state index contributed by atoms with van der Waals surface area (Å²) in [5.41, 5.74) is 0.960. The van der Waals surface area contributed by atoms with Crippen LogP contribution >= 0.6 is 11.3 Å². The van der Waals surface area contributed by atoms with Gasteiger partial charge in [0, 0.05) is 31.7 Å². The normalized spacial score (nSPS) is 20.3. The highest BCUT2D eigenvalue weighted by Crippen LogP contribution is 2.23. The molecule has 2 rings (SSSR count). The Hall–Kier alpha value is -0.940. The zero-order valence-corrected chi connectivity index (χ0v) is 14.7. The van der Waals surface area contributed by atoms with E-state index in [1.54, 1.807) is 11.3 Å². The molecule has 1 aliphatic heterocycles. The smallest absolute Gasteiger partial charge is 0.265 e. The number of amides is 1. The molecule has 0 aliphatic carbocycles. The van der Waals surface area contributed by atoms with Crippen LogP contribution in [0.2, 0.25) is 0 Å². The number of thiazole rings is 1. The number of rotatable bonds is 4. The first-order valence-electron chi connectivity index (χ1n) is 7.99. The first-order valence-corrected chi connectivity index (χ1v) is 8.80. The molecule has 1 aliphatic rings. The maximum atomic E-state index is 12.8. The van der Waals surface area contributed by atoms with E-state index in [9.17, 15) is 4.79 Å². The Labute approximate surface area is 132 Å². The van der Waals surface area contributed by atoms with Crippen molar-refractivity contribution in [1.82, 2.24) is 14.8 Å². The molecule has 1 atom stereocenters. The number of carbonyl (C=O) groups excluding carboxylic acids is 1. The molecular formula is C16H27N3OS. The van der Waals surface area contributed by atoms with Crippen LogP contribution in [0.4, 0.5) is 0 Å².